The first-order valence-electron chi connectivity index (χ1n) is 8.25. The first kappa shape index (κ1) is 19.9. The van der Waals surface area contributed by atoms with Crippen molar-refractivity contribution in [1.29, 1.82) is 0 Å². The normalized spacial score (nSPS) is 10.5. The number of halogens is 1. The van der Waals surface area contributed by atoms with Crippen molar-refractivity contribution in [3.8, 4) is 11.4 Å². The Balaban J connectivity index is 1.61. The number of thioether (sulfide) groups is 1. The van der Waals surface area contributed by atoms with Gasteiger partial charge in [-0.3, -0.25) is 4.79 Å². The molecule has 0 unspecified atom stereocenters. The second kappa shape index (κ2) is 8.90. The van der Waals surface area contributed by atoms with Crippen LogP contribution in [0.15, 0.2) is 53.7 Å². The lowest BCUT2D eigenvalue weighted by Crippen LogP contribution is -2.14. The van der Waals surface area contributed by atoms with E-state index in [0.29, 0.717) is 27.3 Å². The zero-order valence-electron chi connectivity index (χ0n) is 15.2. The molecule has 7 nitrogen and oxygen atoms in total. The number of esters is 1. The summed E-state index contributed by atoms with van der Waals surface area (Å²) in [5.74, 6) is 0.169. The molecule has 1 aromatic heterocycles. The predicted octanol–water partition coefficient (Wildman–Crippen LogP) is 3.65. The maximum absolute atomic E-state index is 12.2. The van der Waals surface area contributed by atoms with E-state index in [-0.39, 0.29) is 11.7 Å². The quantitative estimate of drug-likeness (QED) is 0.487. The van der Waals surface area contributed by atoms with Gasteiger partial charge in [0.15, 0.2) is 11.0 Å². The number of carbonyl (C=O) groups excluding carboxylic acids is 2. The fourth-order valence-corrected chi connectivity index (χ4v) is 3.38. The van der Waals surface area contributed by atoms with Gasteiger partial charge < -0.3 is 14.6 Å². The van der Waals surface area contributed by atoms with Gasteiger partial charge in [0.25, 0.3) is 0 Å². The smallest absolute Gasteiger partial charge is 0.337 e. The highest BCUT2D eigenvalue weighted by atomic mass is 35.5. The highest BCUT2D eigenvalue weighted by Gasteiger charge is 2.15. The van der Waals surface area contributed by atoms with Gasteiger partial charge in [-0.05, 0) is 36.4 Å². The van der Waals surface area contributed by atoms with E-state index in [4.69, 9.17) is 11.6 Å². The van der Waals surface area contributed by atoms with E-state index < -0.39 is 5.97 Å². The molecule has 0 spiro atoms. The first-order valence-corrected chi connectivity index (χ1v) is 9.61. The molecular weight excluding hydrogens is 400 g/mol. The number of nitrogens with zero attached hydrogens (tertiary/aromatic N) is 3. The number of benzene rings is 2. The average Bonchev–Trinajstić information content (AvgIpc) is 3.07. The third-order valence-corrected chi connectivity index (χ3v) is 5.22. The Labute approximate surface area is 171 Å². The van der Waals surface area contributed by atoms with Crippen LogP contribution < -0.4 is 5.32 Å². The van der Waals surface area contributed by atoms with Gasteiger partial charge >= 0.3 is 5.97 Å². The molecular formula is C19H17ClN4O3S. The van der Waals surface area contributed by atoms with Crippen LogP contribution in [-0.2, 0) is 16.6 Å². The lowest BCUT2D eigenvalue weighted by atomic mass is 10.2. The molecule has 0 aliphatic heterocycles. The van der Waals surface area contributed by atoms with Crippen LogP contribution in [0.3, 0.4) is 0 Å². The van der Waals surface area contributed by atoms with Crippen LogP contribution in [0.25, 0.3) is 11.4 Å². The fraction of sp³-hybridized carbons (Fsp3) is 0.158. The molecule has 0 saturated heterocycles. The van der Waals surface area contributed by atoms with Crippen LogP contribution in [0.5, 0.6) is 0 Å². The van der Waals surface area contributed by atoms with Gasteiger partial charge in [0.1, 0.15) is 0 Å². The summed E-state index contributed by atoms with van der Waals surface area (Å²) in [6.45, 7) is 0. The molecule has 0 aliphatic rings. The van der Waals surface area contributed by atoms with Gasteiger partial charge in [0.2, 0.25) is 5.91 Å². The second-order valence-electron chi connectivity index (χ2n) is 5.75. The molecule has 144 valence electrons. The van der Waals surface area contributed by atoms with Gasteiger partial charge in [-0.25, -0.2) is 4.79 Å². The molecule has 1 N–H and O–H groups in total. The van der Waals surface area contributed by atoms with E-state index in [0.717, 1.165) is 5.56 Å². The Hall–Kier alpha value is -2.84. The Morgan fingerprint density at radius 1 is 1.14 bits per heavy atom. The van der Waals surface area contributed by atoms with Crippen molar-refractivity contribution in [3.63, 3.8) is 0 Å². The summed E-state index contributed by atoms with van der Waals surface area (Å²) >= 11 is 7.48. The third-order valence-electron chi connectivity index (χ3n) is 3.87. The Morgan fingerprint density at radius 3 is 2.54 bits per heavy atom. The van der Waals surface area contributed by atoms with Gasteiger partial charge in [-0.2, -0.15) is 0 Å². The lowest BCUT2D eigenvalue weighted by Gasteiger charge is -2.07. The molecule has 28 heavy (non-hydrogen) atoms. The number of carbonyl (C=O) groups is 2. The largest absolute Gasteiger partial charge is 0.465 e. The van der Waals surface area contributed by atoms with Crippen LogP contribution in [0.2, 0.25) is 5.02 Å². The molecule has 9 heteroatoms. The van der Waals surface area contributed by atoms with Crippen LogP contribution in [0.4, 0.5) is 5.69 Å². The number of ether oxygens (including phenoxy) is 1. The summed E-state index contributed by atoms with van der Waals surface area (Å²) in [6.07, 6.45) is 0. The number of methoxy groups -OCH3 is 1. The van der Waals surface area contributed by atoms with Gasteiger partial charge in [-0.1, -0.05) is 35.5 Å². The minimum absolute atomic E-state index is 0.160. The number of aromatic nitrogens is 3. The highest BCUT2D eigenvalue weighted by molar-refractivity contribution is 7.99. The monoisotopic (exact) mass is 416 g/mol. The molecule has 0 bridgehead atoms. The molecule has 0 radical (unpaired) electrons. The topological polar surface area (TPSA) is 86.1 Å². The number of rotatable bonds is 6. The summed E-state index contributed by atoms with van der Waals surface area (Å²) in [6, 6.07) is 13.9. The van der Waals surface area contributed by atoms with E-state index in [2.05, 4.69) is 20.3 Å². The summed E-state index contributed by atoms with van der Waals surface area (Å²) < 4.78 is 6.44. The Kier molecular flexibility index (Phi) is 6.33. The number of nitrogens with one attached hydrogen (secondary N) is 1. The number of hydrogen-bond acceptors (Lipinski definition) is 6. The number of amides is 1. The Bertz CT molecular complexity index is 1000. The fourth-order valence-electron chi connectivity index (χ4n) is 2.45. The average molecular weight is 417 g/mol. The number of hydrogen-bond donors (Lipinski definition) is 1. The van der Waals surface area contributed by atoms with Crippen molar-refractivity contribution in [2.45, 2.75) is 5.16 Å². The third kappa shape index (κ3) is 4.52. The van der Waals surface area contributed by atoms with Crippen LogP contribution in [0, 0.1) is 0 Å². The van der Waals surface area contributed by atoms with Crippen LogP contribution >= 0.6 is 23.4 Å². The SMILES string of the molecule is COC(=O)c1ccc(NC(=O)CSc2nnc(-c3ccccc3Cl)n2C)cc1. The predicted molar refractivity (Wildman–Crippen MR) is 109 cm³/mol. The van der Waals surface area contributed by atoms with Crippen molar-refractivity contribution in [2.24, 2.45) is 7.05 Å². The molecule has 3 rings (SSSR count). The van der Waals surface area contributed by atoms with Crippen molar-refractivity contribution >= 4 is 40.9 Å². The van der Waals surface area contributed by atoms with E-state index >= 15 is 0 Å². The van der Waals surface area contributed by atoms with Gasteiger partial charge in [-0.15, -0.1) is 10.2 Å². The standard InChI is InChI=1S/C19H17ClN4O3S/c1-24-17(14-5-3-4-6-15(14)20)22-23-19(24)28-11-16(25)21-13-9-7-12(8-10-13)18(26)27-2/h3-10H,11H2,1-2H3,(H,21,25). The van der Waals surface area contributed by atoms with E-state index in [1.54, 1.807) is 34.9 Å². The number of anilines is 1. The van der Waals surface area contributed by atoms with Crippen molar-refractivity contribution in [3.05, 3.63) is 59.1 Å². The van der Waals surface area contributed by atoms with E-state index in [9.17, 15) is 9.59 Å². The van der Waals surface area contributed by atoms with Gasteiger partial charge in [0.05, 0.1) is 23.4 Å². The molecule has 1 heterocycles. The molecule has 0 fully saturated rings. The minimum atomic E-state index is -0.426. The maximum Gasteiger partial charge on any atom is 0.337 e. The summed E-state index contributed by atoms with van der Waals surface area (Å²) in [4.78, 5) is 23.6. The van der Waals surface area contributed by atoms with Crippen LogP contribution in [-0.4, -0.2) is 39.5 Å². The summed E-state index contributed by atoms with van der Waals surface area (Å²) in [5.41, 5.74) is 1.79. The van der Waals surface area contributed by atoms with E-state index in [1.165, 1.54) is 18.9 Å². The van der Waals surface area contributed by atoms with E-state index in [1.807, 2.05) is 25.2 Å². The highest BCUT2D eigenvalue weighted by Crippen LogP contribution is 2.28. The van der Waals surface area contributed by atoms with Crippen molar-refractivity contribution < 1.29 is 14.3 Å². The molecule has 0 aliphatic carbocycles. The molecule has 3 aromatic rings. The maximum atomic E-state index is 12.2. The summed E-state index contributed by atoms with van der Waals surface area (Å²) in [7, 11) is 3.14. The molecule has 2 aromatic carbocycles. The van der Waals surface area contributed by atoms with Crippen molar-refractivity contribution in [1.82, 2.24) is 14.8 Å². The Morgan fingerprint density at radius 2 is 1.86 bits per heavy atom. The zero-order valence-corrected chi connectivity index (χ0v) is 16.8. The lowest BCUT2D eigenvalue weighted by molar-refractivity contribution is -0.113. The first-order chi connectivity index (χ1) is 13.5. The van der Waals surface area contributed by atoms with Gasteiger partial charge in [0, 0.05) is 18.3 Å². The minimum Gasteiger partial charge on any atom is -0.465 e. The molecule has 0 saturated carbocycles. The second-order valence-corrected chi connectivity index (χ2v) is 7.10. The summed E-state index contributed by atoms with van der Waals surface area (Å²) in [5, 5.41) is 12.3. The zero-order chi connectivity index (χ0) is 20.1. The molecule has 1 amide bonds. The van der Waals surface area contributed by atoms with Crippen LogP contribution in [0.1, 0.15) is 10.4 Å². The molecule has 0 atom stereocenters. The van der Waals surface area contributed by atoms with Crippen molar-refractivity contribution in [2.75, 3.05) is 18.2 Å².